The van der Waals surface area contributed by atoms with Crippen molar-refractivity contribution in [2.45, 2.75) is 6.54 Å². The highest BCUT2D eigenvalue weighted by Gasteiger charge is 2.09. The highest BCUT2D eigenvalue weighted by molar-refractivity contribution is 5.83. The van der Waals surface area contributed by atoms with Crippen molar-refractivity contribution in [3.63, 3.8) is 0 Å². The Bertz CT molecular complexity index is 724. The maximum Gasteiger partial charge on any atom is 0.300 e. The van der Waals surface area contributed by atoms with Crippen molar-refractivity contribution in [3.05, 3.63) is 60.0 Å². The third-order valence-corrected chi connectivity index (χ3v) is 2.68. The molecular weight excluding hydrogens is 226 g/mol. The minimum absolute atomic E-state index is 0.298. The van der Waals surface area contributed by atoms with E-state index >= 15 is 0 Å². The molecule has 0 bridgehead atoms. The fourth-order valence-electron chi connectivity index (χ4n) is 1.85. The van der Waals surface area contributed by atoms with Crippen LogP contribution in [0.15, 0.2) is 43.0 Å². The average Bonchev–Trinajstić information content (AvgIpc) is 2.83. The zero-order valence-electron chi connectivity index (χ0n) is 9.48. The molecule has 2 aromatic heterocycles. The summed E-state index contributed by atoms with van der Waals surface area (Å²) in [7, 11) is 0. The molecule has 0 spiro atoms. The topological polar surface area (TPSA) is 48.0 Å². The van der Waals surface area contributed by atoms with E-state index in [1.165, 1.54) is 11.9 Å². The fourth-order valence-corrected chi connectivity index (χ4v) is 1.85. The first-order valence-corrected chi connectivity index (χ1v) is 5.45. The Kier molecular flexibility index (Phi) is 2.47. The van der Waals surface area contributed by atoms with Gasteiger partial charge < -0.3 is 9.41 Å². The van der Waals surface area contributed by atoms with Crippen LogP contribution in [-0.2, 0) is 6.54 Å². The van der Waals surface area contributed by atoms with Gasteiger partial charge in [-0.25, -0.2) is 4.98 Å². The number of nitrogens with zero attached hydrogens (tertiary/aromatic N) is 5. The lowest BCUT2D eigenvalue weighted by Gasteiger charge is -2.03. The number of aromatic nitrogens is 4. The number of imidazole rings is 1. The molecule has 0 aliphatic heterocycles. The predicted molar refractivity (Wildman–Crippen MR) is 67.1 cm³/mol. The van der Waals surface area contributed by atoms with Crippen LogP contribution in [0.4, 0.5) is 5.82 Å². The molecule has 0 saturated heterocycles. The molecule has 0 radical (unpaired) electrons. The van der Waals surface area contributed by atoms with Gasteiger partial charge in [0.25, 0.3) is 0 Å². The third kappa shape index (κ3) is 1.70. The van der Waals surface area contributed by atoms with Gasteiger partial charge in [-0.15, -0.1) is 4.98 Å². The first kappa shape index (κ1) is 10.4. The van der Waals surface area contributed by atoms with Gasteiger partial charge in [-0.05, 0) is 5.56 Å². The fraction of sp³-hybridized carbons (Fsp3) is 0.0769. The Labute approximate surface area is 104 Å². The molecule has 5 heteroatoms. The van der Waals surface area contributed by atoms with E-state index in [4.69, 9.17) is 6.57 Å². The van der Waals surface area contributed by atoms with Gasteiger partial charge in [0, 0.05) is 0 Å². The van der Waals surface area contributed by atoms with Crippen molar-refractivity contribution in [3.8, 4) is 0 Å². The van der Waals surface area contributed by atoms with Crippen LogP contribution in [0.5, 0.6) is 0 Å². The van der Waals surface area contributed by atoms with Gasteiger partial charge >= 0.3 is 5.82 Å². The van der Waals surface area contributed by atoms with Crippen molar-refractivity contribution in [1.82, 2.24) is 19.5 Å². The van der Waals surface area contributed by atoms with Crippen molar-refractivity contribution in [1.29, 1.82) is 0 Å². The van der Waals surface area contributed by atoms with E-state index in [-0.39, 0.29) is 0 Å². The van der Waals surface area contributed by atoms with E-state index in [1.54, 1.807) is 6.33 Å². The van der Waals surface area contributed by atoms with Gasteiger partial charge in [0.05, 0.1) is 12.9 Å². The zero-order valence-corrected chi connectivity index (χ0v) is 9.48. The van der Waals surface area contributed by atoms with E-state index in [0.29, 0.717) is 23.5 Å². The molecule has 0 fully saturated rings. The molecule has 3 aromatic rings. The molecule has 2 heterocycles. The van der Waals surface area contributed by atoms with Crippen molar-refractivity contribution in [2.24, 2.45) is 0 Å². The second-order valence-electron chi connectivity index (χ2n) is 3.84. The van der Waals surface area contributed by atoms with E-state index in [0.717, 1.165) is 0 Å². The van der Waals surface area contributed by atoms with Crippen molar-refractivity contribution in [2.75, 3.05) is 0 Å². The average molecular weight is 235 g/mol. The number of hydrogen-bond acceptors (Lipinski definition) is 3. The summed E-state index contributed by atoms with van der Waals surface area (Å²) in [4.78, 5) is 15.6. The minimum atomic E-state index is 0.298. The van der Waals surface area contributed by atoms with Crippen LogP contribution < -0.4 is 0 Å². The summed E-state index contributed by atoms with van der Waals surface area (Å²) < 4.78 is 1.92. The number of rotatable bonds is 2. The molecule has 3 rings (SSSR count). The molecule has 0 aliphatic rings. The maximum atomic E-state index is 7.04. The lowest BCUT2D eigenvalue weighted by molar-refractivity contribution is 0.813. The largest absolute Gasteiger partial charge is 0.359 e. The SMILES string of the molecule is [C-]#[N+]c1ncnc2c1ncn2Cc1ccccc1. The van der Waals surface area contributed by atoms with Crippen LogP contribution in [0.25, 0.3) is 16.0 Å². The molecule has 0 saturated carbocycles. The van der Waals surface area contributed by atoms with Gasteiger partial charge in [0.1, 0.15) is 5.52 Å². The summed E-state index contributed by atoms with van der Waals surface area (Å²) in [5.74, 6) is 0.298. The van der Waals surface area contributed by atoms with Crippen LogP contribution in [0.1, 0.15) is 5.56 Å². The molecule has 18 heavy (non-hydrogen) atoms. The molecule has 86 valence electrons. The second-order valence-corrected chi connectivity index (χ2v) is 3.84. The van der Waals surface area contributed by atoms with E-state index in [2.05, 4.69) is 19.8 Å². The molecule has 0 atom stereocenters. The standard InChI is InChI=1S/C13H9N5/c1-14-12-11-13(16-8-15-12)18(9-17-11)7-10-5-3-2-4-6-10/h2-6,8-9H,7H2. The molecule has 0 aliphatic carbocycles. The van der Waals surface area contributed by atoms with E-state index in [1.807, 2.05) is 34.9 Å². The van der Waals surface area contributed by atoms with Gasteiger partial charge in [-0.3, -0.25) is 0 Å². The molecule has 5 nitrogen and oxygen atoms in total. The van der Waals surface area contributed by atoms with Crippen molar-refractivity contribution >= 4 is 17.0 Å². The Morgan fingerprint density at radius 3 is 2.72 bits per heavy atom. The smallest absolute Gasteiger partial charge is 0.300 e. The molecule has 1 aromatic carbocycles. The maximum absolute atomic E-state index is 7.04. The summed E-state index contributed by atoms with van der Waals surface area (Å²) in [6, 6.07) is 10.1. The van der Waals surface area contributed by atoms with E-state index in [9.17, 15) is 0 Å². The highest BCUT2D eigenvalue weighted by atomic mass is 15.1. The Hall–Kier alpha value is -2.74. The first-order valence-electron chi connectivity index (χ1n) is 5.45. The quantitative estimate of drug-likeness (QED) is 0.641. The Morgan fingerprint density at radius 1 is 1.11 bits per heavy atom. The van der Waals surface area contributed by atoms with Crippen LogP contribution in [0.3, 0.4) is 0 Å². The monoisotopic (exact) mass is 235 g/mol. The summed E-state index contributed by atoms with van der Waals surface area (Å²) in [6.07, 6.45) is 3.10. The first-order chi connectivity index (χ1) is 8.88. The lowest BCUT2D eigenvalue weighted by Crippen LogP contribution is -1.98. The Balaban J connectivity index is 2.07. The molecular formula is C13H9N5. The molecule has 0 unspecified atom stereocenters. The second kappa shape index (κ2) is 4.26. The molecule has 0 N–H and O–H groups in total. The van der Waals surface area contributed by atoms with Crippen LogP contribution in [-0.4, -0.2) is 19.5 Å². The molecule has 0 amide bonds. The number of fused-ring (bicyclic) bond motifs is 1. The third-order valence-electron chi connectivity index (χ3n) is 2.68. The Morgan fingerprint density at radius 2 is 1.94 bits per heavy atom. The zero-order chi connectivity index (χ0) is 12.4. The highest BCUT2D eigenvalue weighted by Crippen LogP contribution is 2.20. The lowest BCUT2D eigenvalue weighted by atomic mass is 10.2. The van der Waals surface area contributed by atoms with Crippen molar-refractivity contribution < 1.29 is 0 Å². The summed E-state index contributed by atoms with van der Waals surface area (Å²) >= 11 is 0. The predicted octanol–water partition coefficient (Wildman–Crippen LogP) is 2.43. The van der Waals surface area contributed by atoms with Gasteiger partial charge in [0.15, 0.2) is 5.65 Å². The van der Waals surface area contributed by atoms with Crippen LogP contribution >= 0.6 is 0 Å². The van der Waals surface area contributed by atoms with Gasteiger partial charge in [-0.1, -0.05) is 36.9 Å². The minimum Gasteiger partial charge on any atom is -0.359 e. The number of benzene rings is 1. The van der Waals surface area contributed by atoms with Gasteiger partial charge in [0.2, 0.25) is 6.33 Å². The van der Waals surface area contributed by atoms with E-state index < -0.39 is 0 Å². The summed E-state index contributed by atoms with van der Waals surface area (Å²) in [5.41, 5.74) is 2.42. The summed E-state index contributed by atoms with van der Waals surface area (Å²) in [6.45, 7) is 7.73. The normalized spacial score (nSPS) is 10.4. The number of hydrogen-bond donors (Lipinski definition) is 0. The van der Waals surface area contributed by atoms with Crippen LogP contribution in [0.2, 0.25) is 0 Å². The van der Waals surface area contributed by atoms with Crippen LogP contribution in [0, 0.1) is 6.57 Å². The van der Waals surface area contributed by atoms with Gasteiger partial charge in [-0.2, -0.15) is 4.98 Å². The summed E-state index contributed by atoms with van der Waals surface area (Å²) in [5, 5.41) is 0.